The summed E-state index contributed by atoms with van der Waals surface area (Å²) in [6.07, 6.45) is 0.563. The van der Waals surface area contributed by atoms with E-state index in [2.05, 4.69) is 15.6 Å². The van der Waals surface area contributed by atoms with Gasteiger partial charge in [0.1, 0.15) is 12.1 Å². The van der Waals surface area contributed by atoms with Crippen molar-refractivity contribution in [2.24, 2.45) is 0 Å². The summed E-state index contributed by atoms with van der Waals surface area (Å²) in [5.74, 6) is -0.502. The standard InChI is InChI=1S/C19H17N5O3/c25-17(12-24-16-4-2-1-3-15(16)21-22-24)20-14-7-5-13(6-8-14)11-23-18(26)9-10-19(23)27/h1-8H,9-12H2,(H,20,25). The van der Waals surface area contributed by atoms with Gasteiger partial charge in [-0.3, -0.25) is 19.3 Å². The molecule has 1 fully saturated rings. The van der Waals surface area contributed by atoms with Crippen LogP contribution in [0.4, 0.5) is 5.69 Å². The maximum atomic E-state index is 12.3. The number of likely N-dealkylation sites (tertiary alicyclic amines) is 1. The number of aromatic nitrogens is 3. The van der Waals surface area contributed by atoms with E-state index in [1.807, 2.05) is 24.3 Å². The molecule has 3 amide bonds. The van der Waals surface area contributed by atoms with E-state index in [0.717, 1.165) is 16.6 Å². The second-order valence-electron chi connectivity index (χ2n) is 6.35. The summed E-state index contributed by atoms with van der Waals surface area (Å²) < 4.78 is 1.55. The molecule has 0 bridgehead atoms. The number of amides is 3. The van der Waals surface area contributed by atoms with Gasteiger partial charge in [0.15, 0.2) is 0 Å². The Morgan fingerprint density at radius 1 is 1.00 bits per heavy atom. The number of hydrogen-bond acceptors (Lipinski definition) is 5. The average molecular weight is 363 g/mol. The molecule has 4 rings (SSSR count). The third-order valence-electron chi connectivity index (χ3n) is 4.45. The van der Waals surface area contributed by atoms with Crippen molar-refractivity contribution in [2.75, 3.05) is 5.32 Å². The van der Waals surface area contributed by atoms with Crippen molar-refractivity contribution in [1.29, 1.82) is 0 Å². The van der Waals surface area contributed by atoms with Gasteiger partial charge >= 0.3 is 0 Å². The maximum absolute atomic E-state index is 12.3. The Bertz CT molecular complexity index is 1010. The summed E-state index contributed by atoms with van der Waals surface area (Å²) in [5, 5.41) is 10.8. The van der Waals surface area contributed by atoms with Crippen LogP contribution in [0.25, 0.3) is 11.0 Å². The summed E-state index contributed by atoms with van der Waals surface area (Å²) >= 11 is 0. The largest absolute Gasteiger partial charge is 0.324 e. The van der Waals surface area contributed by atoms with Gasteiger partial charge in [0.05, 0.1) is 12.1 Å². The number of nitrogens with zero attached hydrogens (tertiary/aromatic N) is 4. The Balaban J connectivity index is 1.38. The van der Waals surface area contributed by atoms with E-state index >= 15 is 0 Å². The second kappa shape index (κ2) is 6.99. The number of nitrogens with one attached hydrogen (secondary N) is 1. The minimum Gasteiger partial charge on any atom is -0.324 e. The molecule has 2 aromatic carbocycles. The van der Waals surface area contributed by atoms with Crippen LogP contribution in [-0.4, -0.2) is 37.6 Å². The molecule has 3 aromatic rings. The molecule has 1 N–H and O–H groups in total. The first-order chi connectivity index (χ1) is 13.1. The minimum absolute atomic E-state index is 0.0546. The number of rotatable bonds is 5. The first-order valence-corrected chi connectivity index (χ1v) is 8.60. The number of carbonyl (C=O) groups excluding carboxylic acids is 3. The summed E-state index contributed by atoms with van der Waals surface area (Å²) in [4.78, 5) is 36.9. The molecular formula is C19H17N5O3. The van der Waals surface area contributed by atoms with E-state index in [0.29, 0.717) is 5.69 Å². The zero-order chi connectivity index (χ0) is 18.8. The maximum Gasteiger partial charge on any atom is 0.246 e. The fourth-order valence-electron chi connectivity index (χ4n) is 3.05. The SMILES string of the molecule is O=C(Cn1nnc2ccccc21)Nc1ccc(CN2C(=O)CCC2=O)cc1. The van der Waals surface area contributed by atoms with Crippen LogP contribution in [0.15, 0.2) is 48.5 Å². The second-order valence-corrected chi connectivity index (χ2v) is 6.35. The fourth-order valence-corrected chi connectivity index (χ4v) is 3.05. The molecule has 136 valence electrons. The van der Waals surface area contributed by atoms with E-state index in [1.165, 1.54) is 4.90 Å². The van der Waals surface area contributed by atoms with E-state index in [1.54, 1.807) is 28.9 Å². The number of imide groups is 1. The number of carbonyl (C=O) groups is 3. The highest BCUT2D eigenvalue weighted by Crippen LogP contribution is 2.17. The van der Waals surface area contributed by atoms with Gasteiger partial charge < -0.3 is 5.32 Å². The number of para-hydroxylation sites is 1. The van der Waals surface area contributed by atoms with Crippen molar-refractivity contribution in [2.45, 2.75) is 25.9 Å². The topological polar surface area (TPSA) is 97.2 Å². The van der Waals surface area contributed by atoms with Crippen LogP contribution in [0.3, 0.4) is 0 Å². The predicted octanol–water partition coefficient (Wildman–Crippen LogP) is 1.72. The molecule has 2 heterocycles. The van der Waals surface area contributed by atoms with E-state index in [-0.39, 0.29) is 43.7 Å². The summed E-state index contributed by atoms with van der Waals surface area (Å²) in [5.41, 5.74) is 3.00. The zero-order valence-electron chi connectivity index (χ0n) is 14.5. The molecule has 1 aliphatic rings. The molecule has 1 saturated heterocycles. The monoisotopic (exact) mass is 363 g/mol. The quantitative estimate of drug-likeness (QED) is 0.696. The molecular weight excluding hydrogens is 346 g/mol. The van der Waals surface area contributed by atoms with Gasteiger partial charge in [-0.1, -0.05) is 29.5 Å². The van der Waals surface area contributed by atoms with Gasteiger partial charge in [-0.05, 0) is 29.8 Å². The van der Waals surface area contributed by atoms with Crippen LogP contribution >= 0.6 is 0 Å². The van der Waals surface area contributed by atoms with Crippen LogP contribution < -0.4 is 5.32 Å². The van der Waals surface area contributed by atoms with Crippen molar-refractivity contribution in [3.63, 3.8) is 0 Å². The normalized spacial score (nSPS) is 14.1. The van der Waals surface area contributed by atoms with Crippen LogP contribution in [0, 0.1) is 0 Å². The highest BCUT2D eigenvalue weighted by atomic mass is 16.2. The molecule has 0 aliphatic carbocycles. The first kappa shape index (κ1) is 16.9. The number of hydrogen-bond donors (Lipinski definition) is 1. The molecule has 8 heteroatoms. The Morgan fingerprint density at radius 2 is 1.70 bits per heavy atom. The van der Waals surface area contributed by atoms with Crippen LogP contribution in [0.1, 0.15) is 18.4 Å². The van der Waals surface area contributed by atoms with Gasteiger partial charge in [-0.15, -0.1) is 5.10 Å². The lowest BCUT2D eigenvalue weighted by Gasteiger charge is -2.14. The third-order valence-corrected chi connectivity index (χ3v) is 4.45. The molecule has 0 saturated carbocycles. The molecule has 27 heavy (non-hydrogen) atoms. The Hall–Kier alpha value is -3.55. The summed E-state index contributed by atoms with van der Waals surface area (Å²) in [6, 6.07) is 14.5. The van der Waals surface area contributed by atoms with Crippen molar-refractivity contribution in [1.82, 2.24) is 19.9 Å². The smallest absolute Gasteiger partial charge is 0.246 e. The summed E-state index contributed by atoms with van der Waals surface area (Å²) in [6.45, 7) is 0.315. The first-order valence-electron chi connectivity index (χ1n) is 8.60. The Kier molecular flexibility index (Phi) is 4.37. The molecule has 0 atom stereocenters. The molecule has 0 unspecified atom stereocenters. The highest BCUT2D eigenvalue weighted by Gasteiger charge is 2.28. The van der Waals surface area contributed by atoms with Gasteiger partial charge in [-0.25, -0.2) is 4.68 Å². The third kappa shape index (κ3) is 3.55. The molecule has 0 radical (unpaired) electrons. The van der Waals surface area contributed by atoms with E-state index in [9.17, 15) is 14.4 Å². The predicted molar refractivity (Wildman–Crippen MR) is 97.4 cm³/mol. The number of benzene rings is 2. The molecule has 1 aromatic heterocycles. The zero-order valence-corrected chi connectivity index (χ0v) is 14.5. The fraction of sp³-hybridized carbons (Fsp3) is 0.211. The van der Waals surface area contributed by atoms with Gasteiger partial charge in [0.25, 0.3) is 0 Å². The van der Waals surface area contributed by atoms with Crippen molar-refractivity contribution < 1.29 is 14.4 Å². The van der Waals surface area contributed by atoms with Crippen LogP contribution in [-0.2, 0) is 27.5 Å². The molecule has 8 nitrogen and oxygen atoms in total. The van der Waals surface area contributed by atoms with Gasteiger partial charge in [0, 0.05) is 18.5 Å². The van der Waals surface area contributed by atoms with Crippen molar-refractivity contribution in [3.8, 4) is 0 Å². The van der Waals surface area contributed by atoms with Crippen molar-refractivity contribution >= 4 is 34.4 Å². The van der Waals surface area contributed by atoms with Gasteiger partial charge in [-0.2, -0.15) is 0 Å². The lowest BCUT2D eigenvalue weighted by atomic mass is 10.2. The lowest BCUT2D eigenvalue weighted by molar-refractivity contribution is -0.139. The molecule has 0 spiro atoms. The van der Waals surface area contributed by atoms with Crippen LogP contribution in [0.5, 0.6) is 0 Å². The summed E-state index contributed by atoms with van der Waals surface area (Å²) in [7, 11) is 0. The van der Waals surface area contributed by atoms with Crippen LogP contribution in [0.2, 0.25) is 0 Å². The highest BCUT2D eigenvalue weighted by molar-refractivity contribution is 6.01. The average Bonchev–Trinajstić information content (AvgIpc) is 3.21. The lowest BCUT2D eigenvalue weighted by Crippen LogP contribution is -2.28. The van der Waals surface area contributed by atoms with E-state index < -0.39 is 0 Å². The minimum atomic E-state index is -0.219. The molecule has 1 aliphatic heterocycles. The number of anilines is 1. The van der Waals surface area contributed by atoms with E-state index in [4.69, 9.17) is 0 Å². The van der Waals surface area contributed by atoms with Crippen molar-refractivity contribution in [3.05, 3.63) is 54.1 Å². The Morgan fingerprint density at radius 3 is 2.44 bits per heavy atom. The Labute approximate surface area is 154 Å². The van der Waals surface area contributed by atoms with Gasteiger partial charge in [0.2, 0.25) is 17.7 Å². The number of fused-ring (bicyclic) bond motifs is 1.